The van der Waals surface area contributed by atoms with E-state index in [1.165, 1.54) is 51.4 Å². The lowest BCUT2D eigenvalue weighted by Crippen LogP contribution is -2.13. The Hall–Kier alpha value is -2.51. The van der Waals surface area contributed by atoms with Crippen molar-refractivity contribution in [3.8, 4) is 23.7 Å². The quantitative estimate of drug-likeness (QED) is 0.354. The molecule has 3 rings (SSSR count). The van der Waals surface area contributed by atoms with Crippen LogP contribution in [0.25, 0.3) is 0 Å². The van der Waals surface area contributed by atoms with Gasteiger partial charge in [0.05, 0.1) is 5.56 Å². The first-order chi connectivity index (χ1) is 14.7. The van der Waals surface area contributed by atoms with E-state index in [0.29, 0.717) is 11.5 Å². The lowest BCUT2D eigenvalue weighted by Gasteiger charge is -2.29. The number of halogens is 1. The molecular weight excluding hydrogens is 367 g/mol. The van der Waals surface area contributed by atoms with E-state index in [2.05, 4.69) is 36.7 Å². The van der Waals surface area contributed by atoms with Crippen molar-refractivity contribution >= 4 is 0 Å². The summed E-state index contributed by atoms with van der Waals surface area (Å²) in [6, 6.07) is 13.5. The Kier molecular flexibility index (Phi) is 8.59. The summed E-state index contributed by atoms with van der Waals surface area (Å²) < 4.78 is 14.7. The maximum atomic E-state index is 14.7. The third-order valence-corrected chi connectivity index (χ3v) is 6.16. The average Bonchev–Trinajstić information content (AvgIpc) is 2.78. The van der Waals surface area contributed by atoms with Gasteiger partial charge in [-0.15, -0.1) is 0 Å². The van der Waals surface area contributed by atoms with Crippen molar-refractivity contribution in [1.29, 1.82) is 0 Å². The maximum absolute atomic E-state index is 14.7. The van der Waals surface area contributed by atoms with Crippen LogP contribution in [-0.4, -0.2) is 0 Å². The summed E-state index contributed by atoms with van der Waals surface area (Å²) >= 11 is 0. The van der Waals surface area contributed by atoms with Gasteiger partial charge >= 0.3 is 0 Å². The van der Waals surface area contributed by atoms with Crippen molar-refractivity contribution in [2.45, 2.75) is 77.6 Å². The molecule has 0 amide bonds. The maximum Gasteiger partial charge on any atom is 0.139 e. The highest BCUT2D eigenvalue weighted by Gasteiger charge is 2.22. The fraction of sp³-hybridized carbons (Fsp3) is 0.448. The fourth-order valence-electron chi connectivity index (χ4n) is 4.32. The zero-order chi connectivity index (χ0) is 21.2. The Balaban J connectivity index is 1.59. The molecule has 2 aromatic rings. The van der Waals surface area contributed by atoms with E-state index >= 15 is 0 Å². The Bertz CT molecular complexity index is 922. The van der Waals surface area contributed by atoms with E-state index in [1.54, 1.807) is 6.07 Å². The monoisotopic (exact) mass is 400 g/mol. The molecule has 1 heteroatoms. The van der Waals surface area contributed by atoms with Gasteiger partial charge < -0.3 is 0 Å². The van der Waals surface area contributed by atoms with Crippen LogP contribution in [0.15, 0.2) is 42.5 Å². The van der Waals surface area contributed by atoms with Crippen LogP contribution in [0, 0.1) is 35.4 Å². The summed E-state index contributed by atoms with van der Waals surface area (Å²) in [6.45, 7) is 4.30. The number of rotatable bonds is 5. The van der Waals surface area contributed by atoms with Gasteiger partial charge in [0.15, 0.2) is 0 Å². The lowest BCUT2D eigenvalue weighted by molar-refractivity contribution is 0.302. The van der Waals surface area contributed by atoms with Crippen molar-refractivity contribution in [2.24, 2.45) is 5.92 Å². The third kappa shape index (κ3) is 6.50. The smallest absolute Gasteiger partial charge is 0.139 e. The molecule has 0 spiro atoms. The van der Waals surface area contributed by atoms with E-state index in [-0.39, 0.29) is 5.82 Å². The average molecular weight is 401 g/mol. The minimum absolute atomic E-state index is 0.199. The molecule has 30 heavy (non-hydrogen) atoms. The standard InChI is InChI=1S/C29H33F/c1-3-5-7-9-24-14-17-26(18-15-24)28-21-20-27(29(30)22-28)19-16-25-12-10-23(11-13-25)8-6-4-2/h10-13,20-22,24,26H,3-5,7,9,14-15,17-18H2,1-2H3. The first kappa shape index (κ1) is 22.2. The molecule has 1 saturated carbocycles. The van der Waals surface area contributed by atoms with Gasteiger partial charge in [-0.1, -0.05) is 69.3 Å². The SMILES string of the molecule is CCC#Cc1ccc(C#Cc2ccc(C3CCC(CCCCC)CC3)cc2F)cc1. The van der Waals surface area contributed by atoms with Crippen LogP contribution in [-0.2, 0) is 0 Å². The normalized spacial score (nSPS) is 18.1. The van der Waals surface area contributed by atoms with Crippen LogP contribution in [0.1, 0.15) is 99.8 Å². The van der Waals surface area contributed by atoms with Crippen LogP contribution in [0.4, 0.5) is 4.39 Å². The summed E-state index contributed by atoms with van der Waals surface area (Å²) in [6.07, 6.45) is 11.2. The largest absolute Gasteiger partial charge is 0.206 e. The molecule has 0 nitrogen and oxygen atoms in total. The molecule has 1 fully saturated rings. The zero-order valence-electron chi connectivity index (χ0n) is 18.4. The van der Waals surface area contributed by atoms with Crippen molar-refractivity contribution < 1.29 is 4.39 Å². The first-order valence-corrected chi connectivity index (χ1v) is 11.6. The van der Waals surface area contributed by atoms with Gasteiger partial charge in [0.1, 0.15) is 5.82 Å². The second-order valence-corrected chi connectivity index (χ2v) is 8.44. The third-order valence-electron chi connectivity index (χ3n) is 6.16. The van der Waals surface area contributed by atoms with Crippen LogP contribution >= 0.6 is 0 Å². The molecule has 0 aliphatic heterocycles. The summed E-state index contributed by atoms with van der Waals surface area (Å²) in [5, 5.41) is 0. The van der Waals surface area contributed by atoms with Crippen LogP contribution in [0.2, 0.25) is 0 Å². The van der Waals surface area contributed by atoms with Gasteiger partial charge in [-0.05, 0) is 79.5 Å². The summed E-state index contributed by atoms with van der Waals surface area (Å²) in [7, 11) is 0. The van der Waals surface area contributed by atoms with E-state index in [1.807, 2.05) is 37.3 Å². The molecule has 0 bridgehead atoms. The van der Waals surface area contributed by atoms with Crippen LogP contribution in [0.5, 0.6) is 0 Å². The topological polar surface area (TPSA) is 0 Å². The minimum atomic E-state index is -0.199. The van der Waals surface area contributed by atoms with E-state index < -0.39 is 0 Å². The Labute approximate surface area is 182 Å². The van der Waals surface area contributed by atoms with E-state index in [9.17, 15) is 4.39 Å². The van der Waals surface area contributed by atoms with Gasteiger partial charge in [-0.25, -0.2) is 4.39 Å². The van der Waals surface area contributed by atoms with Gasteiger partial charge in [-0.2, -0.15) is 0 Å². The van der Waals surface area contributed by atoms with E-state index in [0.717, 1.165) is 29.0 Å². The molecule has 0 unspecified atom stereocenters. The molecule has 0 atom stereocenters. The predicted octanol–water partition coefficient (Wildman–Crippen LogP) is 7.84. The van der Waals surface area contributed by atoms with Crippen molar-refractivity contribution in [3.05, 3.63) is 70.5 Å². The summed E-state index contributed by atoms with van der Waals surface area (Å²) in [4.78, 5) is 0. The zero-order valence-corrected chi connectivity index (χ0v) is 18.4. The molecule has 156 valence electrons. The molecule has 0 saturated heterocycles. The van der Waals surface area contributed by atoms with Crippen molar-refractivity contribution in [3.63, 3.8) is 0 Å². The highest BCUT2D eigenvalue weighted by Crippen LogP contribution is 2.38. The first-order valence-electron chi connectivity index (χ1n) is 11.6. The second kappa shape index (κ2) is 11.6. The Morgan fingerprint density at radius 2 is 1.53 bits per heavy atom. The fourth-order valence-corrected chi connectivity index (χ4v) is 4.32. The number of unbranched alkanes of at least 4 members (excludes halogenated alkanes) is 2. The molecule has 2 aromatic carbocycles. The minimum Gasteiger partial charge on any atom is -0.206 e. The van der Waals surface area contributed by atoms with Gasteiger partial charge in [0.25, 0.3) is 0 Å². The van der Waals surface area contributed by atoms with Crippen molar-refractivity contribution in [1.82, 2.24) is 0 Å². The Morgan fingerprint density at radius 3 is 2.17 bits per heavy atom. The van der Waals surface area contributed by atoms with Gasteiger partial charge in [0.2, 0.25) is 0 Å². The summed E-state index contributed by atoms with van der Waals surface area (Å²) in [5.74, 6) is 13.4. The van der Waals surface area contributed by atoms with Crippen molar-refractivity contribution in [2.75, 3.05) is 0 Å². The van der Waals surface area contributed by atoms with Gasteiger partial charge in [-0.3, -0.25) is 0 Å². The molecule has 1 aliphatic carbocycles. The van der Waals surface area contributed by atoms with Crippen LogP contribution < -0.4 is 0 Å². The number of hydrogen-bond donors (Lipinski definition) is 0. The predicted molar refractivity (Wildman–Crippen MR) is 125 cm³/mol. The van der Waals surface area contributed by atoms with E-state index in [4.69, 9.17) is 0 Å². The Morgan fingerprint density at radius 1 is 0.833 bits per heavy atom. The second-order valence-electron chi connectivity index (χ2n) is 8.44. The molecular formula is C29H33F. The highest BCUT2D eigenvalue weighted by atomic mass is 19.1. The highest BCUT2D eigenvalue weighted by molar-refractivity contribution is 5.46. The lowest BCUT2D eigenvalue weighted by atomic mass is 9.77. The molecule has 0 radical (unpaired) electrons. The van der Waals surface area contributed by atoms with Crippen LogP contribution in [0.3, 0.4) is 0 Å². The molecule has 0 aromatic heterocycles. The molecule has 0 N–H and O–H groups in total. The number of benzene rings is 2. The number of hydrogen-bond acceptors (Lipinski definition) is 0. The molecule has 1 aliphatic rings. The molecule has 0 heterocycles. The summed E-state index contributed by atoms with van der Waals surface area (Å²) in [5.41, 5.74) is 3.48. The van der Waals surface area contributed by atoms with Gasteiger partial charge in [0, 0.05) is 17.5 Å².